The molecule has 1 aliphatic heterocycles. The van der Waals surface area contributed by atoms with Gasteiger partial charge < -0.3 is 4.90 Å². The predicted molar refractivity (Wildman–Crippen MR) is 85.1 cm³/mol. The summed E-state index contributed by atoms with van der Waals surface area (Å²) in [7, 11) is 2.26. The zero-order chi connectivity index (χ0) is 13.1. The minimum Gasteiger partial charge on any atom is -0.301 e. The van der Waals surface area contributed by atoms with Gasteiger partial charge in [-0.1, -0.05) is 26.8 Å². The SMILES string of the molecule is CN1Cc2cc(C(C)(C)C)cc(I)c2C2(CC2)C1. The zero-order valence-electron chi connectivity index (χ0n) is 11.8. The van der Waals surface area contributed by atoms with E-state index < -0.39 is 0 Å². The van der Waals surface area contributed by atoms with Crippen LogP contribution in [-0.4, -0.2) is 18.5 Å². The zero-order valence-corrected chi connectivity index (χ0v) is 14.0. The molecule has 1 aromatic rings. The van der Waals surface area contributed by atoms with E-state index >= 15 is 0 Å². The van der Waals surface area contributed by atoms with Crippen LogP contribution in [0.2, 0.25) is 0 Å². The normalized spacial score (nSPS) is 22.1. The van der Waals surface area contributed by atoms with Crippen molar-refractivity contribution < 1.29 is 0 Å². The summed E-state index contributed by atoms with van der Waals surface area (Å²) in [6.45, 7) is 9.31. The maximum Gasteiger partial charge on any atom is 0.0234 e. The molecule has 3 rings (SSSR count). The van der Waals surface area contributed by atoms with Gasteiger partial charge in [-0.2, -0.15) is 0 Å². The number of rotatable bonds is 0. The predicted octanol–water partition coefficient (Wildman–Crippen LogP) is 4.07. The summed E-state index contributed by atoms with van der Waals surface area (Å²) in [5, 5.41) is 0. The van der Waals surface area contributed by atoms with Crippen LogP contribution in [0.4, 0.5) is 0 Å². The van der Waals surface area contributed by atoms with Crippen molar-refractivity contribution in [3.63, 3.8) is 0 Å². The lowest BCUT2D eigenvalue weighted by Gasteiger charge is -2.35. The van der Waals surface area contributed by atoms with Gasteiger partial charge in [-0.15, -0.1) is 0 Å². The van der Waals surface area contributed by atoms with E-state index in [1.165, 1.54) is 28.5 Å². The Balaban J connectivity index is 2.15. The lowest BCUT2D eigenvalue weighted by molar-refractivity contribution is 0.270. The van der Waals surface area contributed by atoms with Gasteiger partial charge in [-0.25, -0.2) is 0 Å². The van der Waals surface area contributed by atoms with Gasteiger partial charge in [0.25, 0.3) is 0 Å². The third-order valence-electron chi connectivity index (χ3n) is 4.43. The van der Waals surface area contributed by atoms with Crippen molar-refractivity contribution in [2.45, 2.75) is 51.0 Å². The number of hydrogen-bond acceptors (Lipinski definition) is 1. The van der Waals surface area contributed by atoms with Gasteiger partial charge in [0.1, 0.15) is 0 Å². The lowest BCUT2D eigenvalue weighted by Crippen LogP contribution is -2.36. The number of halogens is 1. The van der Waals surface area contributed by atoms with Crippen LogP contribution in [0.25, 0.3) is 0 Å². The van der Waals surface area contributed by atoms with Crippen molar-refractivity contribution in [1.82, 2.24) is 4.90 Å². The number of likely N-dealkylation sites (N-methyl/N-ethyl adjacent to an activating group) is 1. The highest BCUT2D eigenvalue weighted by molar-refractivity contribution is 14.1. The second-order valence-electron chi connectivity index (χ2n) is 7.19. The fourth-order valence-corrected chi connectivity index (χ4v) is 4.57. The van der Waals surface area contributed by atoms with Crippen molar-refractivity contribution in [3.05, 3.63) is 32.4 Å². The summed E-state index contributed by atoms with van der Waals surface area (Å²) in [4.78, 5) is 2.50. The maximum atomic E-state index is 2.56. The average Bonchev–Trinajstić information content (AvgIpc) is 2.94. The first-order chi connectivity index (χ1) is 8.32. The van der Waals surface area contributed by atoms with Crippen LogP contribution in [0.5, 0.6) is 0 Å². The fourth-order valence-electron chi connectivity index (χ4n) is 3.32. The van der Waals surface area contributed by atoms with Gasteiger partial charge in [-0.05, 0) is 70.7 Å². The molecule has 0 amide bonds. The largest absolute Gasteiger partial charge is 0.301 e. The van der Waals surface area contributed by atoms with Gasteiger partial charge >= 0.3 is 0 Å². The van der Waals surface area contributed by atoms with E-state index in [9.17, 15) is 0 Å². The Kier molecular flexibility index (Phi) is 2.84. The van der Waals surface area contributed by atoms with Crippen LogP contribution >= 0.6 is 22.6 Å². The van der Waals surface area contributed by atoms with E-state index in [1.54, 1.807) is 11.1 Å². The van der Waals surface area contributed by atoms with Gasteiger partial charge in [0.2, 0.25) is 0 Å². The summed E-state index contributed by atoms with van der Waals surface area (Å²) in [6.07, 6.45) is 2.77. The molecule has 0 bridgehead atoms. The third kappa shape index (κ3) is 2.01. The molecule has 0 aromatic heterocycles. The molecule has 98 valence electrons. The third-order valence-corrected chi connectivity index (χ3v) is 5.29. The Labute approximate surface area is 124 Å². The summed E-state index contributed by atoms with van der Waals surface area (Å²) < 4.78 is 1.50. The second-order valence-corrected chi connectivity index (χ2v) is 8.36. The molecular weight excluding hydrogens is 333 g/mol. The Morgan fingerprint density at radius 2 is 1.89 bits per heavy atom. The molecular formula is C16H22IN. The van der Waals surface area contributed by atoms with E-state index in [4.69, 9.17) is 0 Å². The van der Waals surface area contributed by atoms with Gasteiger partial charge in [0, 0.05) is 22.1 Å². The lowest BCUT2D eigenvalue weighted by atomic mass is 9.81. The fraction of sp³-hybridized carbons (Fsp3) is 0.625. The Hall–Kier alpha value is -0.0900. The van der Waals surface area contributed by atoms with Crippen LogP contribution in [0.15, 0.2) is 12.1 Å². The molecule has 0 N–H and O–H groups in total. The van der Waals surface area contributed by atoms with Crippen LogP contribution in [-0.2, 0) is 17.4 Å². The van der Waals surface area contributed by atoms with Crippen LogP contribution < -0.4 is 0 Å². The summed E-state index contributed by atoms with van der Waals surface area (Å²) in [5.74, 6) is 0. The topological polar surface area (TPSA) is 3.24 Å². The molecule has 0 atom stereocenters. The molecule has 1 aliphatic carbocycles. The minimum absolute atomic E-state index is 0.252. The standard InChI is InChI=1S/C16H22IN/c1-15(2,3)12-7-11-9-18(4)10-16(5-6-16)14(11)13(17)8-12/h7-8H,5-6,9-10H2,1-4H3. The van der Waals surface area contributed by atoms with Crippen LogP contribution in [0, 0.1) is 3.57 Å². The van der Waals surface area contributed by atoms with E-state index in [0.717, 1.165) is 6.54 Å². The highest BCUT2D eigenvalue weighted by Crippen LogP contribution is 2.54. The molecule has 1 nitrogen and oxygen atoms in total. The highest BCUT2D eigenvalue weighted by atomic mass is 127. The van der Waals surface area contributed by atoms with Crippen molar-refractivity contribution in [2.75, 3.05) is 13.6 Å². The Bertz CT molecular complexity index is 495. The molecule has 0 unspecified atom stereocenters. The molecule has 2 heteroatoms. The average molecular weight is 355 g/mol. The number of nitrogens with zero attached hydrogens (tertiary/aromatic N) is 1. The Morgan fingerprint density at radius 1 is 1.22 bits per heavy atom. The van der Waals surface area contributed by atoms with E-state index in [2.05, 4.69) is 67.4 Å². The van der Waals surface area contributed by atoms with E-state index in [-0.39, 0.29) is 5.41 Å². The van der Waals surface area contributed by atoms with Crippen molar-refractivity contribution in [2.24, 2.45) is 0 Å². The highest BCUT2D eigenvalue weighted by Gasteiger charge is 2.49. The van der Waals surface area contributed by atoms with Crippen molar-refractivity contribution in [1.29, 1.82) is 0 Å². The first-order valence-electron chi connectivity index (χ1n) is 6.84. The summed E-state index contributed by atoms with van der Waals surface area (Å²) in [6, 6.07) is 4.89. The van der Waals surface area contributed by atoms with Crippen molar-refractivity contribution in [3.8, 4) is 0 Å². The molecule has 1 aromatic carbocycles. The summed E-state index contributed by atoms with van der Waals surface area (Å²) in [5.41, 5.74) is 5.50. The summed E-state index contributed by atoms with van der Waals surface area (Å²) >= 11 is 2.56. The Morgan fingerprint density at radius 3 is 2.44 bits per heavy atom. The van der Waals surface area contributed by atoms with Gasteiger partial charge in [-0.3, -0.25) is 0 Å². The molecule has 0 saturated heterocycles. The molecule has 18 heavy (non-hydrogen) atoms. The quantitative estimate of drug-likeness (QED) is 0.635. The van der Waals surface area contributed by atoms with Crippen molar-refractivity contribution >= 4 is 22.6 Å². The van der Waals surface area contributed by atoms with Crippen LogP contribution in [0.1, 0.15) is 50.3 Å². The number of benzene rings is 1. The van der Waals surface area contributed by atoms with Gasteiger partial charge in [0.05, 0.1) is 0 Å². The molecule has 2 aliphatic rings. The first-order valence-corrected chi connectivity index (χ1v) is 7.92. The smallest absolute Gasteiger partial charge is 0.0234 e. The number of fused-ring (bicyclic) bond motifs is 2. The molecule has 1 fully saturated rings. The minimum atomic E-state index is 0.252. The molecule has 1 saturated carbocycles. The molecule has 1 spiro atoms. The van der Waals surface area contributed by atoms with Crippen LogP contribution in [0.3, 0.4) is 0 Å². The monoisotopic (exact) mass is 355 g/mol. The molecule has 0 radical (unpaired) electrons. The van der Waals surface area contributed by atoms with E-state index in [1.807, 2.05) is 0 Å². The van der Waals surface area contributed by atoms with E-state index in [0.29, 0.717) is 5.41 Å². The number of hydrogen-bond donors (Lipinski definition) is 0. The second kappa shape index (κ2) is 3.95. The first kappa shape index (κ1) is 12.9. The maximum absolute atomic E-state index is 2.56. The van der Waals surface area contributed by atoms with Gasteiger partial charge in [0.15, 0.2) is 0 Å². The molecule has 1 heterocycles.